The van der Waals surface area contributed by atoms with E-state index in [2.05, 4.69) is 0 Å². The van der Waals surface area contributed by atoms with Crippen molar-refractivity contribution in [2.45, 2.75) is 56.2 Å². The summed E-state index contributed by atoms with van der Waals surface area (Å²) in [5, 5.41) is 10.0. The normalized spacial score (nSPS) is 31.9. The molecular weight excluding hydrogens is 232 g/mol. The van der Waals surface area contributed by atoms with Gasteiger partial charge in [-0.2, -0.15) is 0 Å². The predicted octanol–water partition coefficient (Wildman–Crippen LogP) is 0.256. The molecule has 0 aromatic rings. The first-order valence-corrected chi connectivity index (χ1v) is 6.86. The number of nitrogens with two attached hydrogens (primary N) is 1. The van der Waals surface area contributed by atoms with Crippen molar-refractivity contribution in [2.75, 3.05) is 20.3 Å². The summed E-state index contributed by atoms with van der Waals surface area (Å²) in [5.74, 6) is -0.0447. The zero-order valence-corrected chi connectivity index (χ0v) is 11.1. The molecule has 5 heteroatoms. The van der Waals surface area contributed by atoms with Crippen LogP contribution < -0.4 is 5.73 Å². The second-order valence-electron chi connectivity index (χ2n) is 5.60. The summed E-state index contributed by atoms with van der Waals surface area (Å²) in [5.41, 5.74) is 5.40. The van der Waals surface area contributed by atoms with Crippen LogP contribution in [-0.4, -0.2) is 53.9 Å². The van der Waals surface area contributed by atoms with Crippen molar-refractivity contribution in [1.82, 2.24) is 4.90 Å². The molecule has 2 rings (SSSR count). The van der Waals surface area contributed by atoms with Gasteiger partial charge in [-0.15, -0.1) is 0 Å². The van der Waals surface area contributed by atoms with E-state index in [1.807, 2.05) is 0 Å². The quantitative estimate of drug-likeness (QED) is 0.743. The van der Waals surface area contributed by atoms with Gasteiger partial charge in [0.2, 0.25) is 5.91 Å². The van der Waals surface area contributed by atoms with Gasteiger partial charge in [-0.05, 0) is 25.7 Å². The van der Waals surface area contributed by atoms with Crippen LogP contribution in [0.25, 0.3) is 0 Å². The lowest BCUT2D eigenvalue weighted by atomic mass is 9.86. The highest BCUT2D eigenvalue weighted by Gasteiger charge is 2.41. The van der Waals surface area contributed by atoms with Crippen LogP contribution in [0, 0.1) is 0 Å². The van der Waals surface area contributed by atoms with Crippen molar-refractivity contribution >= 4 is 5.91 Å². The molecule has 18 heavy (non-hydrogen) atoms. The molecule has 0 aromatic heterocycles. The van der Waals surface area contributed by atoms with Crippen molar-refractivity contribution in [3.05, 3.63) is 0 Å². The van der Waals surface area contributed by atoms with Crippen molar-refractivity contribution in [3.63, 3.8) is 0 Å². The number of carbonyl (C=O) groups is 1. The van der Waals surface area contributed by atoms with Gasteiger partial charge in [-0.3, -0.25) is 4.79 Å². The van der Waals surface area contributed by atoms with E-state index < -0.39 is 11.6 Å². The number of nitrogens with zero attached hydrogens (tertiary/aromatic N) is 1. The fraction of sp³-hybridized carbons (Fsp3) is 0.923. The maximum atomic E-state index is 12.5. The lowest BCUT2D eigenvalue weighted by molar-refractivity contribution is -0.144. The van der Waals surface area contributed by atoms with Gasteiger partial charge in [-0.25, -0.2) is 0 Å². The van der Waals surface area contributed by atoms with Gasteiger partial charge in [-0.1, -0.05) is 12.8 Å². The second kappa shape index (κ2) is 5.55. The average Bonchev–Trinajstić information content (AvgIpc) is 2.38. The smallest absolute Gasteiger partial charge is 0.242 e. The van der Waals surface area contributed by atoms with Crippen LogP contribution in [0.5, 0.6) is 0 Å². The first-order chi connectivity index (χ1) is 8.54. The Hall–Kier alpha value is -0.650. The number of aliphatic hydroxyl groups is 1. The molecule has 2 aliphatic rings. The van der Waals surface area contributed by atoms with Gasteiger partial charge in [0, 0.05) is 20.3 Å². The van der Waals surface area contributed by atoms with E-state index in [1.54, 1.807) is 11.9 Å². The van der Waals surface area contributed by atoms with E-state index in [9.17, 15) is 9.90 Å². The highest BCUT2D eigenvalue weighted by molar-refractivity contribution is 5.86. The maximum Gasteiger partial charge on any atom is 0.242 e. The molecule has 0 spiro atoms. The molecule has 1 aliphatic heterocycles. The maximum absolute atomic E-state index is 12.5. The molecular formula is C13H24N2O3. The summed E-state index contributed by atoms with van der Waals surface area (Å²) in [6.07, 6.45) is 4.49. The number of ether oxygens (including phenoxy) is 1. The third kappa shape index (κ3) is 2.68. The van der Waals surface area contributed by atoms with E-state index in [-0.39, 0.29) is 11.9 Å². The largest absolute Gasteiger partial charge is 0.391 e. The first-order valence-electron chi connectivity index (χ1n) is 6.86. The summed E-state index contributed by atoms with van der Waals surface area (Å²) < 4.78 is 5.26. The minimum atomic E-state index is -0.801. The van der Waals surface area contributed by atoms with Gasteiger partial charge in [0.05, 0.1) is 17.7 Å². The van der Waals surface area contributed by atoms with E-state index >= 15 is 0 Å². The van der Waals surface area contributed by atoms with Crippen LogP contribution in [0.1, 0.15) is 38.5 Å². The van der Waals surface area contributed by atoms with Crippen LogP contribution in [-0.2, 0) is 9.53 Å². The number of likely N-dealkylation sites (N-methyl/N-ethyl adjacent to an activating group) is 1. The highest BCUT2D eigenvalue weighted by Crippen LogP contribution is 2.26. The molecule has 2 unspecified atom stereocenters. The molecule has 0 aromatic carbocycles. The molecule has 2 fully saturated rings. The first kappa shape index (κ1) is 13.8. The van der Waals surface area contributed by atoms with Crippen molar-refractivity contribution in [3.8, 4) is 0 Å². The Morgan fingerprint density at radius 3 is 2.56 bits per heavy atom. The lowest BCUT2D eigenvalue weighted by Crippen LogP contribution is -2.60. The lowest BCUT2D eigenvalue weighted by Gasteiger charge is -2.41. The second-order valence-corrected chi connectivity index (χ2v) is 5.60. The van der Waals surface area contributed by atoms with Crippen LogP contribution in [0.2, 0.25) is 0 Å². The minimum Gasteiger partial charge on any atom is -0.391 e. The molecule has 3 N–H and O–H groups in total. The number of amides is 1. The average molecular weight is 256 g/mol. The number of carbonyl (C=O) groups excluding carboxylic acids is 1. The van der Waals surface area contributed by atoms with Crippen LogP contribution in [0.4, 0.5) is 0 Å². The molecule has 1 amide bonds. The van der Waals surface area contributed by atoms with E-state index in [0.717, 1.165) is 25.7 Å². The Labute approximate surface area is 108 Å². The molecule has 1 heterocycles. The Balaban J connectivity index is 2.02. The zero-order chi connectivity index (χ0) is 13.2. The van der Waals surface area contributed by atoms with E-state index in [0.29, 0.717) is 26.1 Å². The van der Waals surface area contributed by atoms with Gasteiger partial charge >= 0.3 is 0 Å². The van der Waals surface area contributed by atoms with Crippen LogP contribution >= 0.6 is 0 Å². The number of aliphatic hydroxyl groups excluding tert-OH is 1. The van der Waals surface area contributed by atoms with E-state index in [1.165, 1.54) is 0 Å². The number of rotatable bonds is 2. The third-order valence-electron chi connectivity index (χ3n) is 4.32. The Morgan fingerprint density at radius 1 is 1.33 bits per heavy atom. The molecule has 0 bridgehead atoms. The Morgan fingerprint density at radius 2 is 1.94 bits per heavy atom. The zero-order valence-electron chi connectivity index (χ0n) is 11.1. The molecule has 1 saturated carbocycles. The Bertz CT molecular complexity index is 303. The molecule has 2 atom stereocenters. The van der Waals surface area contributed by atoms with Crippen molar-refractivity contribution in [2.24, 2.45) is 5.73 Å². The van der Waals surface area contributed by atoms with Crippen LogP contribution in [0.15, 0.2) is 0 Å². The fourth-order valence-electron chi connectivity index (χ4n) is 2.99. The topological polar surface area (TPSA) is 75.8 Å². The molecule has 1 aliphatic carbocycles. The van der Waals surface area contributed by atoms with E-state index in [4.69, 9.17) is 10.5 Å². The van der Waals surface area contributed by atoms with Crippen molar-refractivity contribution < 1.29 is 14.6 Å². The SMILES string of the molecule is CN(C(=O)C1(N)CCOCC1)C1CCCCC1O. The highest BCUT2D eigenvalue weighted by atomic mass is 16.5. The van der Waals surface area contributed by atoms with Gasteiger partial charge in [0.15, 0.2) is 0 Å². The summed E-state index contributed by atoms with van der Waals surface area (Å²) in [6.45, 7) is 1.09. The van der Waals surface area contributed by atoms with Gasteiger partial charge in [0.25, 0.3) is 0 Å². The molecule has 104 valence electrons. The molecule has 1 saturated heterocycles. The van der Waals surface area contributed by atoms with Crippen LogP contribution in [0.3, 0.4) is 0 Å². The summed E-state index contributed by atoms with van der Waals surface area (Å²) in [4.78, 5) is 14.2. The third-order valence-corrected chi connectivity index (χ3v) is 4.32. The van der Waals surface area contributed by atoms with Gasteiger partial charge < -0.3 is 20.5 Å². The number of hydrogen-bond acceptors (Lipinski definition) is 4. The predicted molar refractivity (Wildman–Crippen MR) is 68.0 cm³/mol. The minimum absolute atomic E-state index is 0.0447. The van der Waals surface area contributed by atoms with Gasteiger partial charge in [0.1, 0.15) is 0 Å². The standard InChI is InChI=1S/C13H24N2O3/c1-15(10-4-2-3-5-11(10)16)12(17)13(14)6-8-18-9-7-13/h10-11,16H,2-9,14H2,1H3. The summed E-state index contributed by atoms with van der Waals surface area (Å²) in [6, 6.07) is -0.0745. The summed E-state index contributed by atoms with van der Waals surface area (Å²) in [7, 11) is 1.77. The molecule has 5 nitrogen and oxygen atoms in total. The monoisotopic (exact) mass is 256 g/mol. The van der Waals surface area contributed by atoms with Crippen molar-refractivity contribution in [1.29, 1.82) is 0 Å². The fourth-order valence-corrected chi connectivity index (χ4v) is 2.99. The Kier molecular flexibility index (Phi) is 4.25. The number of hydrogen-bond donors (Lipinski definition) is 2. The summed E-state index contributed by atoms with van der Waals surface area (Å²) >= 11 is 0. The molecule has 0 radical (unpaired) electrons.